The Morgan fingerprint density at radius 1 is 1.38 bits per heavy atom. The summed E-state index contributed by atoms with van der Waals surface area (Å²) in [5.74, 6) is 0.924. The smallest absolute Gasteiger partial charge is 0.122 e. The van der Waals surface area contributed by atoms with Crippen LogP contribution in [0.5, 0.6) is 5.75 Å². The van der Waals surface area contributed by atoms with Crippen molar-refractivity contribution < 1.29 is 9.84 Å². The summed E-state index contributed by atoms with van der Waals surface area (Å²) in [4.78, 5) is 0. The fraction of sp³-hybridized carbons (Fsp3) is 0.455. The number of ether oxygens (including phenoxy) is 1. The second-order valence-corrected chi connectivity index (χ2v) is 3.01. The molecule has 0 amide bonds. The minimum absolute atomic E-state index is 0.189. The number of benzene rings is 1. The standard InChI is InChI=1S/C11H16O2/c1-3-13-11-8-10(6-7-12)5-4-9(11)2/h4-5,8,12H,3,6-7H2,1-2H3. The summed E-state index contributed by atoms with van der Waals surface area (Å²) in [6, 6.07) is 6.04. The van der Waals surface area contributed by atoms with Gasteiger partial charge in [-0.2, -0.15) is 0 Å². The molecule has 0 heterocycles. The van der Waals surface area contributed by atoms with Gasteiger partial charge in [0.15, 0.2) is 0 Å². The highest BCUT2D eigenvalue weighted by atomic mass is 16.5. The number of aryl methyl sites for hydroxylation is 1. The van der Waals surface area contributed by atoms with Crippen molar-refractivity contribution in [1.82, 2.24) is 0 Å². The van der Waals surface area contributed by atoms with E-state index in [1.807, 2.05) is 32.0 Å². The predicted octanol–water partition coefficient (Wildman–Crippen LogP) is 1.93. The van der Waals surface area contributed by atoms with E-state index in [9.17, 15) is 0 Å². The molecule has 0 aliphatic rings. The lowest BCUT2D eigenvalue weighted by Crippen LogP contribution is -1.96. The lowest BCUT2D eigenvalue weighted by Gasteiger charge is -2.08. The molecule has 1 aromatic rings. The van der Waals surface area contributed by atoms with Gasteiger partial charge >= 0.3 is 0 Å². The van der Waals surface area contributed by atoms with E-state index >= 15 is 0 Å². The van der Waals surface area contributed by atoms with Gasteiger partial charge in [-0.25, -0.2) is 0 Å². The summed E-state index contributed by atoms with van der Waals surface area (Å²) in [5, 5.41) is 8.77. The summed E-state index contributed by atoms with van der Waals surface area (Å²) in [5.41, 5.74) is 2.26. The SMILES string of the molecule is CCOc1cc(CCO)ccc1C. The highest BCUT2D eigenvalue weighted by Gasteiger charge is 2.00. The molecule has 0 bridgehead atoms. The first-order valence-corrected chi connectivity index (χ1v) is 4.61. The molecule has 0 fully saturated rings. The normalized spacial score (nSPS) is 10.1. The fourth-order valence-corrected chi connectivity index (χ4v) is 1.24. The van der Waals surface area contributed by atoms with Gasteiger partial charge in [-0.05, 0) is 37.5 Å². The molecule has 0 unspecified atom stereocenters. The molecule has 0 spiro atoms. The van der Waals surface area contributed by atoms with E-state index in [4.69, 9.17) is 9.84 Å². The van der Waals surface area contributed by atoms with Crippen LogP contribution in [0.1, 0.15) is 18.1 Å². The van der Waals surface area contributed by atoms with Crippen LogP contribution in [0.15, 0.2) is 18.2 Å². The zero-order valence-corrected chi connectivity index (χ0v) is 8.21. The van der Waals surface area contributed by atoms with Gasteiger partial charge in [-0.1, -0.05) is 12.1 Å². The predicted molar refractivity (Wildman–Crippen MR) is 53.1 cm³/mol. The first-order chi connectivity index (χ1) is 6.27. The second-order valence-electron chi connectivity index (χ2n) is 3.01. The van der Waals surface area contributed by atoms with Crippen LogP contribution in [0, 0.1) is 6.92 Å². The van der Waals surface area contributed by atoms with Crippen LogP contribution < -0.4 is 4.74 Å². The van der Waals surface area contributed by atoms with Crippen LogP contribution in [-0.4, -0.2) is 18.3 Å². The van der Waals surface area contributed by atoms with E-state index in [-0.39, 0.29) is 6.61 Å². The summed E-state index contributed by atoms with van der Waals surface area (Å²) in [7, 11) is 0. The third-order valence-electron chi connectivity index (χ3n) is 1.95. The Balaban J connectivity index is 2.83. The monoisotopic (exact) mass is 180 g/mol. The van der Waals surface area contributed by atoms with Crippen LogP contribution in [0.4, 0.5) is 0 Å². The van der Waals surface area contributed by atoms with Gasteiger partial charge in [0.1, 0.15) is 5.75 Å². The lowest BCUT2D eigenvalue weighted by molar-refractivity contribution is 0.299. The van der Waals surface area contributed by atoms with Gasteiger partial charge < -0.3 is 9.84 Å². The molecule has 0 saturated carbocycles. The average molecular weight is 180 g/mol. The molecule has 72 valence electrons. The third-order valence-corrected chi connectivity index (χ3v) is 1.95. The van der Waals surface area contributed by atoms with Gasteiger partial charge in [0, 0.05) is 6.61 Å². The van der Waals surface area contributed by atoms with E-state index in [0.717, 1.165) is 16.9 Å². The zero-order chi connectivity index (χ0) is 9.68. The Bertz CT molecular complexity index is 269. The third kappa shape index (κ3) is 2.74. The molecule has 2 heteroatoms. The molecule has 0 aromatic heterocycles. The van der Waals surface area contributed by atoms with Gasteiger partial charge in [0.25, 0.3) is 0 Å². The van der Waals surface area contributed by atoms with Crippen molar-refractivity contribution in [3.05, 3.63) is 29.3 Å². The zero-order valence-electron chi connectivity index (χ0n) is 8.21. The maximum Gasteiger partial charge on any atom is 0.122 e. The number of rotatable bonds is 4. The maximum absolute atomic E-state index is 8.77. The molecular formula is C11H16O2. The minimum atomic E-state index is 0.189. The number of aliphatic hydroxyl groups is 1. The molecule has 0 saturated heterocycles. The molecular weight excluding hydrogens is 164 g/mol. The largest absolute Gasteiger partial charge is 0.494 e. The van der Waals surface area contributed by atoms with Crippen LogP contribution in [-0.2, 0) is 6.42 Å². The molecule has 0 aliphatic heterocycles. The summed E-state index contributed by atoms with van der Waals surface area (Å²) in [6.45, 7) is 4.86. The highest BCUT2D eigenvalue weighted by molar-refractivity contribution is 5.36. The maximum atomic E-state index is 8.77. The topological polar surface area (TPSA) is 29.5 Å². The molecule has 1 aromatic carbocycles. The van der Waals surface area contributed by atoms with E-state index in [0.29, 0.717) is 13.0 Å². The molecule has 0 aliphatic carbocycles. The number of aliphatic hydroxyl groups excluding tert-OH is 1. The Morgan fingerprint density at radius 3 is 2.77 bits per heavy atom. The Kier molecular flexibility index (Phi) is 3.77. The van der Waals surface area contributed by atoms with Crippen LogP contribution >= 0.6 is 0 Å². The summed E-state index contributed by atoms with van der Waals surface area (Å²) in [6.07, 6.45) is 0.695. The lowest BCUT2D eigenvalue weighted by atomic mass is 10.1. The Hall–Kier alpha value is -1.02. The van der Waals surface area contributed by atoms with Crippen molar-refractivity contribution in [3.63, 3.8) is 0 Å². The van der Waals surface area contributed by atoms with Gasteiger partial charge in [0.2, 0.25) is 0 Å². The molecule has 0 atom stereocenters. The van der Waals surface area contributed by atoms with E-state index < -0.39 is 0 Å². The quantitative estimate of drug-likeness (QED) is 0.767. The van der Waals surface area contributed by atoms with Crippen LogP contribution in [0.3, 0.4) is 0 Å². The van der Waals surface area contributed by atoms with Crippen LogP contribution in [0.25, 0.3) is 0 Å². The van der Waals surface area contributed by atoms with Crippen molar-refractivity contribution in [3.8, 4) is 5.75 Å². The van der Waals surface area contributed by atoms with Gasteiger partial charge in [-0.3, -0.25) is 0 Å². The van der Waals surface area contributed by atoms with Gasteiger partial charge in [0.05, 0.1) is 6.61 Å². The van der Waals surface area contributed by atoms with Gasteiger partial charge in [-0.15, -0.1) is 0 Å². The molecule has 0 radical (unpaired) electrons. The summed E-state index contributed by atoms with van der Waals surface area (Å²) >= 11 is 0. The van der Waals surface area contributed by atoms with Crippen molar-refractivity contribution in [1.29, 1.82) is 0 Å². The Labute approximate surface area is 79.2 Å². The highest BCUT2D eigenvalue weighted by Crippen LogP contribution is 2.19. The van der Waals surface area contributed by atoms with Crippen molar-refractivity contribution in [2.45, 2.75) is 20.3 Å². The molecule has 1 N–H and O–H groups in total. The minimum Gasteiger partial charge on any atom is -0.494 e. The number of hydrogen-bond donors (Lipinski definition) is 1. The first-order valence-electron chi connectivity index (χ1n) is 4.61. The van der Waals surface area contributed by atoms with E-state index in [1.165, 1.54) is 0 Å². The van der Waals surface area contributed by atoms with E-state index in [1.54, 1.807) is 0 Å². The molecule has 1 rings (SSSR count). The second kappa shape index (κ2) is 4.87. The molecule has 2 nitrogen and oxygen atoms in total. The van der Waals surface area contributed by atoms with Crippen molar-refractivity contribution in [2.24, 2.45) is 0 Å². The van der Waals surface area contributed by atoms with Crippen molar-refractivity contribution in [2.75, 3.05) is 13.2 Å². The number of hydrogen-bond acceptors (Lipinski definition) is 2. The Morgan fingerprint density at radius 2 is 2.15 bits per heavy atom. The van der Waals surface area contributed by atoms with Crippen LogP contribution in [0.2, 0.25) is 0 Å². The first kappa shape index (κ1) is 10.1. The molecule has 13 heavy (non-hydrogen) atoms. The van der Waals surface area contributed by atoms with Crippen molar-refractivity contribution >= 4 is 0 Å². The fourth-order valence-electron chi connectivity index (χ4n) is 1.24. The summed E-state index contributed by atoms with van der Waals surface area (Å²) < 4.78 is 5.44. The van der Waals surface area contributed by atoms with E-state index in [2.05, 4.69) is 0 Å². The average Bonchev–Trinajstić information content (AvgIpc) is 2.12.